The number of hydrogen-bond donors (Lipinski definition) is 1. The number of piperazine rings is 1. The highest BCUT2D eigenvalue weighted by atomic mass is 32.2. The molecule has 5 rings (SSSR count). The van der Waals surface area contributed by atoms with Crippen molar-refractivity contribution >= 4 is 32.5 Å². The highest BCUT2D eigenvalue weighted by molar-refractivity contribution is 7.93. The smallest absolute Gasteiger partial charge is 0.495 e. The predicted molar refractivity (Wildman–Crippen MR) is 148 cm³/mol. The fraction of sp³-hybridized carbons (Fsp3) is 0.250. The molecule has 0 aliphatic carbocycles. The van der Waals surface area contributed by atoms with Crippen LogP contribution in [0.4, 0.5) is 18.9 Å². The van der Waals surface area contributed by atoms with Gasteiger partial charge in [0.15, 0.2) is 5.75 Å². The maximum atomic E-state index is 13.3. The fourth-order valence-corrected chi connectivity index (χ4v) is 5.92. The molecule has 0 saturated carbocycles. The standard InChI is InChI=1S/C28H26F3N5O5S/c1-40-23-7-4-11-32-22(23)18-35-13-15-36(16-14-35)27(37)20-9-10-21(24(17-20)41-28(29,30)31)34-42(38,39)25-8-2-5-19-6-3-12-33-26(19)25/h2-12,17,34H,13-16,18H2,1H3. The van der Waals surface area contributed by atoms with Crippen molar-refractivity contribution in [2.75, 3.05) is 38.0 Å². The number of benzene rings is 2. The topological polar surface area (TPSA) is 114 Å². The number of alkyl halides is 3. The first kappa shape index (κ1) is 29.1. The first-order valence-corrected chi connectivity index (χ1v) is 14.3. The van der Waals surface area contributed by atoms with Crippen molar-refractivity contribution < 1.29 is 35.9 Å². The van der Waals surface area contributed by atoms with E-state index in [2.05, 4.69) is 24.3 Å². The predicted octanol–water partition coefficient (Wildman–Crippen LogP) is 4.30. The zero-order valence-corrected chi connectivity index (χ0v) is 23.2. The molecule has 4 aromatic rings. The molecule has 0 radical (unpaired) electrons. The van der Waals surface area contributed by atoms with Crippen molar-refractivity contribution in [3.8, 4) is 11.5 Å². The van der Waals surface area contributed by atoms with Crippen LogP contribution in [0.5, 0.6) is 11.5 Å². The van der Waals surface area contributed by atoms with E-state index < -0.39 is 33.7 Å². The number of carbonyl (C=O) groups is 1. The number of nitrogens with zero attached hydrogens (tertiary/aromatic N) is 4. The summed E-state index contributed by atoms with van der Waals surface area (Å²) in [5.74, 6) is -0.712. The van der Waals surface area contributed by atoms with E-state index in [0.29, 0.717) is 43.9 Å². The summed E-state index contributed by atoms with van der Waals surface area (Å²) in [5.41, 5.74) is 0.346. The molecule has 1 saturated heterocycles. The van der Waals surface area contributed by atoms with Crippen LogP contribution in [0.15, 0.2) is 78.0 Å². The third-order valence-corrected chi connectivity index (χ3v) is 8.08. The summed E-state index contributed by atoms with van der Waals surface area (Å²) < 4.78 is 78.1. The second-order valence-electron chi connectivity index (χ2n) is 9.42. The van der Waals surface area contributed by atoms with Crippen LogP contribution in [0.2, 0.25) is 0 Å². The molecule has 14 heteroatoms. The number of carbonyl (C=O) groups excluding carboxylic acids is 1. The maximum Gasteiger partial charge on any atom is 0.573 e. The molecule has 220 valence electrons. The van der Waals surface area contributed by atoms with Crippen LogP contribution >= 0.6 is 0 Å². The Morgan fingerprint density at radius 2 is 1.67 bits per heavy atom. The van der Waals surface area contributed by atoms with Crippen LogP contribution in [-0.4, -0.2) is 73.7 Å². The Kier molecular flexibility index (Phi) is 8.18. The maximum absolute atomic E-state index is 13.3. The van der Waals surface area contributed by atoms with Crippen LogP contribution in [0.25, 0.3) is 10.9 Å². The first-order chi connectivity index (χ1) is 20.0. The molecule has 10 nitrogen and oxygen atoms in total. The minimum Gasteiger partial charge on any atom is -0.495 e. The van der Waals surface area contributed by atoms with Crippen LogP contribution in [0, 0.1) is 0 Å². The van der Waals surface area contributed by atoms with Gasteiger partial charge >= 0.3 is 6.36 Å². The SMILES string of the molecule is COc1cccnc1CN1CCN(C(=O)c2ccc(NS(=O)(=O)c3cccc4cccnc34)c(OC(F)(F)F)c2)CC1. The second-order valence-corrected chi connectivity index (χ2v) is 11.1. The monoisotopic (exact) mass is 601 g/mol. The quantitative estimate of drug-likeness (QED) is 0.318. The molecule has 1 amide bonds. The molecule has 0 unspecified atom stereocenters. The molecule has 1 aliphatic heterocycles. The van der Waals surface area contributed by atoms with E-state index >= 15 is 0 Å². The van der Waals surface area contributed by atoms with E-state index in [0.717, 1.165) is 17.8 Å². The summed E-state index contributed by atoms with van der Waals surface area (Å²) in [6, 6.07) is 14.6. The van der Waals surface area contributed by atoms with Crippen LogP contribution < -0.4 is 14.2 Å². The largest absolute Gasteiger partial charge is 0.573 e. The summed E-state index contributed by atoms with van der Waals surface area (Å²) in [6.07, 6.45) is -2.06. The van der Waals surface area contributed by atoms with E-state index in [1.165, 1.54) is 29.3 Å². The average molecular weight is 602 g/mol. The minimum atomic E-state index is -5.14. The van der Waals surface area contributed by atoms with E-state index in [4.69, 9.17) is 4.74 Å². The molecular weight excluding hydrogens is 575 g/mol. The molecule has 1 N–H and O–H groups in total. The molecule has 0 bridgehead atoms. The van der Waals surface area contributed by atoms with Crippen molar-refractivity contribution in [2.45, 2.75) is 17.8 Å². The van der Waals surface area contributed by atoms with Crippen LogP contribution in [0.1, 0.15) is 16.1 Å². The lowest BCUT2D eigenvalue weighted by molar-refractivity contribution is -0.274. The van der Waals surface area contributed by atoms with Gasteiger partial charge in [0.2, 0.25) is 0 Å². The molecule has 0 atom stereocenters. The van der Waals surface area contributed by atoms with Gasteiger partial charge in [0.05, 0.1) is 24.0 Å². The third kappa shape index (κ3) is 6.55. The van der Waals surface area contributed by atoms with Crippen molar-refractivity contribution in [1.29, 1.82) is 0 Å². The van der Waals surface area contributed by atoms with Gasteiger partial charge in [0.25, 0.3) is 15.9 Å². The number of aromatic nitrogens is 2. The molecule has 1 aliphatic rings. The molecule has 1 fully saturated rings. The Balaban J connectivity index is 1.34. The Hall–Kier alpha value is -4.43. The van der Waals surface area contributed by atoms with Gasteiger partial charge in [-0.3, -0.25) is 24.4 Å². The van der Waals surface area contributed by atoms with Gasteiger partial charge in [-0.05, 0) is 42.5 Å². The number of fused-ring (bicyclic) bond motifs is 1. The molecule has 0 spiro atoms. The lowest BCUT2D eigenvalue weighted by Gasteiger charge is -2.34. The summed E-state index contributed by atoms with van der Waals surface area (Å²) in [5, 5.41) is 0.535. The van der Waals surface area contributed by atoms with Gasteiger partial charge in [0, 0.05) is 56.1 Å². The molecule has 42 heavy (non-hydrogen) atoms. The lowest BCUT2D eigenvalue weighted by atomic mass is 10.1. The number of sulfonamides is 1. The minimum absolute atomic E-state index is 0.0797. The Labute approximate surface area is 239 Å². The second kappa shape index (κ2) is 11.8. The van der Waals surface area contributed by atoms with Gasteiger partial charge in [-0.2, -0.15) is 0 Å². The number of ether oxygens (including phenoxy) is 2. The lowest BCUT2D eigenvalue weighted by Crippen LogP contribution is -2.48. The van der Waals surface area contributed by atoms with Crippen molar-refractivity contribution in [3.63, 3.8) is 0 Å². The van der Waals surface area contributed by atoms with E-state index in [9.17, 15) is 26.4 Å². The van der Waals surface area contributed by atoms with Crippen molar-refractivity contribution in [3.05, 3.63) is 84.3 Å². The van der Waals surface area contributed by atoms with Gasteiger partial charge in [-0.25, -0.2) is 8.42 Å². The number of hydrogen-bond acceptors (Lipinski definition) is 8. The zero-order chi connectivity index (χ0) is 29.9. The number of amides is 1. The number of anilines is 1. The summed E-state index contributed by atoms with van der Waals surface area (Å²) >= 11 is 0. The normalized spacial score (nSPS) is 14.5. The van der Waals surface area contributed by atoms with E-state index in [-0.39, 0.29) is 16.0 Å². The molecule has 2 aromatic carbocycles. The van der Waals surface area contributed by atoms with Crippen LogP contribution in [0.3, 0.4) is 0 Å². The van der Waals surface area contributed by atoms with Gasteiger partial charge < -0.3 is 14.4 Å². The average Bonchev–Trinajstić information content (AvgIpc) is 2.97. The highest BCUT2D eigenvalue weighted by Gasteiger charge is 2.34. The van der Waals surface area contributed by atoms with Gasteiger partial charge in [-0.15, -0.1) is 13.2 Å². The van der Waals surface area contributed by atoms with Crippen molar-refractivity contribution in [2.24, 2.45) is 0 Å². The molecule has 3 heterocycles. The Morgan fingerprint density at radius 3 is 2.40 bits per heavy atom. The van der Waals surface area contributed by atoms with Gasteiger partial charge in [-0.1, -0.05) is 18.2 Å². The Bertz CT molecular complexity index is 1700. The zero-order valence-electron chi connectivity index (χ0n) is 22.3. The molecular formula is C28H26F3N5O5S. The van der Waals surface area contributed by atoms with E-state index in [1.807, 2.05) is 6.07 Å². The summed E-state index contributed by atoms with van der Waals surface area (Å²) in [6.45, 7) is 2.18. The number of halogens is 3. The van der Waals surface area contributed by atoms with Gasteiger partial charge in [0.1, 0.15) is 10.6 Å². The van der Waals surface area contributed by atoms with Crippen molar-refractivity contribution in [1.82, 2.24) is 19.8 Å². The summed E-state index contributed by atoms with van der Waals surface area (Å²) in [7, 11) is -2.82. The number of methoxy groups -OCH3 is 1. The number of nitrogens with one attached hydrogen (secondary N) is 1. The number of para-hydroxylation sites is 1. The molecule has 2 aromatic heterocycles. The summed E-state index contributed by atoms with van der Waals surface area (Å²) in [4.78, 5) is 25.1. The first-order valence-electron chi connectivity index (χ1n) is 12.8. The van der Waals surface area contributed by atoms with Crippen LogP contribution in [-0.2, 0) is 16.6 Å². The Morgan fingerprint density at radius 1 is 0.952 bits per heavy atom. The fourth-order valence-electron chi connectivity index (χ4n) is 4.67. The van der Waals surface area contributed by atoms with E-state index in [1.54, 1.807) is 37.6 Å². The third-order valence-electron chi connectivity index (χ3n) is 6.69. The number of pyridine rings is 2. The highest BCUT2D eigenvalue weighted by Crippen LogP contribution is 2.34. The number of rotatable bonds is 8.